The number of anilines is 2. The largest absolute Gasteiger partial charge is 0.383 e. The Hall–Kier alpha value is -1.36. The van der Waals surface area contributed by atoms with Crippen molar-refractivity contribution >= 4 is 11.6 Å². The highest BCUT2D eigenvalue weighted by Gasteiger charge is 2.30. The van der Waals surface area contributed by atoms with Crippen LogP contribution in [0, 0.1) is 6.92 Å². The first-order valence-electron chi connectivity index (χ1n) is 6.59. The zero-order valence-corrected chi connectivity index (χ0v) is 11.4. The summed E-state index contributed by atoms with van der Waals surface area (Å²) in [5, 5.41) is 3.25. The summed E-state index contributed by atoms with van der Waals surface area (Å²) in [6.07, 6.45) is 2.51. The topological polar surface area (TPSA) is 50.3 Å². The first-order chi connectivity index (χ1) is 8.74. The summed E-state index contributed by atoms with van der Waals surface area (Å²) in [4.78, 5) is 11.3. The number of methoxy groups -OCH3 is 1. The average molecular weight is 250 g/mol. The third kappa shape index (κ3) is 3.32. The molecule has 0 amide bonds. The van der Waals surface area contributed by atoms with E-state index in [2.05, 4.69) is 27.1 Å². The maximum absolute atomic E-state index is 5.18. The van der Waals surface area contributed by atoms with E-state index >= 15 is 0 Å². The molecule has 1 heterocycles. The quantitative estimate of drug-likeness (QED) is 0.800. The summed E-state index contributed by atoms with van der Waals surface area (Å²) in [5.41, 5.74) is 0. The van der Waals surface area contributed by atoms with Gasteiger partial charge in [0.25, 0.3) is 0 Å². The zero-order chi connectivity index (χ0) is 13.0. The highest BCUT2D eigenvalue weighted by molar-refractivity contribution is 5.50. The molecule has 0 radical (unpaired) electrons. The number of rotatable bonds is 7. The van der Waals surface area contributed by atoms with Crippen LogP contribution in [0.15, 0.2) is 6.07 Å². The fourth-order valence-corrected chi connectivity index (χ4v) is 2.03. The Kier molecular flexibility index (Phi) is 4.36. The Labute approximate surface area is 109 Å². The van der Waals surface area contributed by atoms with Gasteiger partial charge in [0, 0.05) is 32.3 Å². The Morgan fingerprint density at radius 2 is 2.22 bits per heavy atom. The second-order valence-electron chi connectivity index (χ2n) is 4.61. The zero-order valence-electron chi connectivity index (χ0n) is 11.4. The van der Waals surface area contributed by atoms with Crippen molar-refractivity contribution in [3.8, 4) is 0 Å². The van der Waals surface area contributed by atoms with Crippen molar-refractivity contribution in [1.82, 2.24) is 9.97 Å². The second kappa shape index (κ2) is 6.00. The summed E-state index contributed by atoms with van der Waals surface area (Å²) in [6, 6.07) is 2.66. The van der Waals surface area contributed by atoms with E-state index in [-0.39, 0.29) is 0 Å². The number of hydrogen-bond acceptors (Lipinski definition) is 5. The van der Waals surface area contributed by atoms with Crippen molar-refractivity contribution in [2.75, 3.05) is 37.0 Å². The van der Waals surface area contributed by atoms with Crippen molar-refractivity contribution in [3.63, 3.8) is 0 Å². The molecule has 1 saturated carbocycles. The van der Waals surface area contributed by atoms with Crippen LogP contribution in [0.25, 0.3) is 0 Å². The smallest absolute Gasteiger partial charge is 0.134 e. The van der Waals surface area contributed by atoms with E-state index in [4.69, 9.17) is 4.74 Å². The first-order valence-corrected chi connectivity index (χ1v) is 6.59. The van der Waals surface area contributed by atoms with Gasteiger partial charge in [0.05, 0.1) is 6.61 Å². The van der Waals surface area contributed by atoms with Gasteiger partial charge in [-0.25, -0.2) is 9.97 Å². The first kappa shape index (κ1) is 13.1. The SMILES string of the molecule is CCNc1cc(N(CCOC)C2CC2)nc(C)n1. The van der Waals surface area contributed by atoms with Crippen molar-refractivity contribution < 1.29 is 4.74 Å². The molecule has 1 aliphatic carbocycles. The van der Waals surface area contributed by atoms with Crippen LogP contribution in [-0.2, 0) is 4.74 Å². The number of aromatic nitrogens is 2. The van der Waals surface area contributed by atoms with E-state index in [1.165, 1.54) is 12.8 Å². The monoisotopic (exact) mass is 250 g/mol. The van der Waals surface area contributed by atoms with Gasteiger partial charge in [0.15, 0.2) is 0 Å². The lowest BCUT2D eigenvalue weighted by molar-refractivity contribution is 0.204. The van der Waals surface area contributed by atoms with Gasteiger partial charge in [-0.1, -0.05) is 0 Å². The summed E-state index contributed by atoms with van der Waals surface area (Å²) >= 11 is 0. The molecule has 0 aliphatic heterocycles. The maximum atomic E-state index is 5.18. The number of aryl methyl sites for hydroxylation is 1. The van der Waals surface area contributed by atoms with Crippen molar-refractivity contribution in [3.05, 3.63) is 11.9 Å². The van der Waals surface area contributed by atoms with Gasteiger partial charge in [-0.3, -0.25) is 0 Å². The number of nitrogens with one attached hydrogen (secondary N) is 1. The van der Waals surface area contributed by atoms with Crippen LogP contribution in [0.1, 0.15) is 25.6 Å². The summed E-state index contributed by atoms with van der Waals surface area (Å²) < 4.78 is 5.18. The normalized spacial score (nSPS) is 14.6. The fraction of sp³-hybridized carbons (Fsp3) is 0.692. The molecule has 1 aromatic rings. The van der Waals surface area contributed by atoms with Crippen molar-refractivity contribution in [2.24, 2.45) is 0 Å². The Morgan fingerprint density at radius 3 is 2.83 bits per heavy atom. The molecule has 5 heteroatoms. The van der Waals surface area contributed by atoms with Crippen LogP contribution in [0.2, 0.25) is 0 Å². The van der Waals surface area contributed by atoms with Crippen LogP contribution in [-0.4, -0.2) is 42.8 Å². The highest BCUT2D eigenvalue weighted by Crippen LogP contribution is 2.31. The number of ether oxygens (including phenoxy) is 1. The fourth-order valence-electron chi connectivity index (χ4n) is 2.03. The molecule has 1 aliphatic rings. The Balaban J connectivity index is 2.17. The van der Waals surface area contributed by atoms with Gasteiger partial charge in [0.2, 0.25) is 0 Å². The van der Waals surface area contributed by atoms with Crippen LogP contribution in [0.3, 0.4) is 0 Å². The lowest BCUT2D eigenvalue weighted by Gasteiger charge is -2.23. The maximum Gasteiger partial charge on any atom is 0.134 e. The molecule has 1 fully saturated rings. The minimum Gasteiger partial charge on any atom is -0.383 e. The van der Waals surface area contributed by atoms with Gasteiger partial charge in [-0.05, 0) is 26.7 Å². The van der Waals surface area contributed by atoms with E-state index in [0.717, 1.165) is 37.2 Å². The third-order valence-corrected chi connectivity index (χ3v) is 3.00. The summed E-state index contributed by atoms with van der Waals surface area (Å²) in [6.45, 7) is 6.50. The molecule has 0 spiro atoms. The average Bonchev–Trinajstić information content (AvgIpc) is 3.14. The molecule has 0 aromatic carbocycles. The lowest BCUT2D eigenvalue weighted by Crippen LogP contribution is -2.30. The van der Waals surface area contributed by atoms with Crippen molar-refractivity contribution in [2.45, 2.75) is 32.7 Å². The Bertz CT molecular complexity index is 393. The predicted octanol–water partition coefficient (Wildman–Crippen LogP) is 1.83. The van der Waals surface area contributed by atoms with E-state index in [0.29, 0.717) is 6.04 Å². The molecule has 0 unspecified atom stereocenters. The van der Waals surface area contributed by atoms with E-state index < -0.39 is 0 Å². The molecule has 0 saturated heterocycles. The molecule has 1 N–H and O–H groups in total. The van der Waals surface area contributed by atoms with Gasteiger partial charge in [-0.15, -0.1) is 0 Å². The third-order valence-electron chi connectivity index (χ3n) is 3.00. The summed E-state index contributed by atoms with van der Waals surface area (Å²) in [7, 11) is 1.74. The van der Waals surface area contributed by atoms with Gasteiger partial charge in [-0.2, -0.15) is 0 Å². The minimum atomic E-state index is 0.629. The minimum absolute atomic E-state index is 0.629. The van der Waals surface area contributed by atoms with Gasteiger partial charge in [0.1, 0.15) is 17.5 Å². The van der Waals surface area contributed by atoms with Gasteiger partial charge < -0.3 is 15.0 Å². The number of hydrogen-bond donors (Lipinski definition) is 1. The second-order valence-corrected chi connectivity index (χ2v) is 4.61. The van der Waals surface area contributed by atoms with Crippen molar-refractivity contribution in [1.29, 1.82) is 0 Å². The molecule has 2 rings (SSSR count). The molecule has 5 nitrogen and oxygen atoms in total. The molecule has 0 bridgehead atoms. The van der Waals surface area contributed by atoms with Crippen LogP contribution >= 0.6 is 0 Å². The van der Waals surface area contributed by atoms with Crippen LogP contribution in [0.5, 0.6) is 0 Å². The highest BCUT2D eigenvalue weighted by atomic mass is 16.5. The Morgan fingerprint density at radius 1 is 1.44 bits per heavy atom. The van der Waals surface area contributed by atoms with Gasteiger partial charge >= 0.3 is 0 Å². The van der Waals surface area contributed by atoms with E-state index in [9.17, 15) is 0 Å². The molecule has 0 atom stereocenters. The molecular weight excluding hydrogens is 228 g/mol. The van der Waals surface area contributed by atoms with E-state index in [1.54, 1.807) is 7.11 Å². The lowest BCUT2D eigenvalue weighted by atomic mass is 10.4. The van der Waals surface area contributed by atoms with E-state index in [1.807, 2.05) is 13.0 Å². The number of nitrogens with zero attached hydrogens (tertiary/aromatic N) is 3. The molecular formula is C13H22N4O. The summed E-state index contributed by atoms with van der Waals surface area (Å²) in [5.74, 6) is 2.73. The standard InChI is InChI=1S/C13H22N4O/c1-4-14-12-9-13(16-10(2)15-12)17(7-8-18-3)11-5-6-11/h9,11H,4-8H2,1-3H3,(H,14,15,16). The van der Waals surface area contributed by atoms with Crippen LogP contribution < -0.4 is 10.2 Å². The van der Waals surface area contributed by atoms with Crippen LogP contribution in [0.4, 0.5) is 11.6 Å². The molecule has 1 aromatic heterocycles. The molecule has 100 valence electrons. The predicted molar refractivity (Wildman–Crippen MR) is 73.2 cm³/mol. The molecule has 18 heavy (non-hydrogen) atoms.